The average molecular weight is 252 g/mol. The third-order valence-electron chi connectivity index (χ3n) is 2.16. The van der Waals surface area contributed by atoms with Crippen molar-refractivity contribution < 1.29 is 9.59 Å². The van der Waals surface area contributed by atoms with Gasteiger partial charge in [0, 0.05) is 18.8 Å². The molecule has 0 radical (unpaired) electrons. The zero-order valence-corrected chi connectivity index (χ0v) is 10.3. The summed E-state index contributed by atoms with van der Waals surface area (Å²) in [7, 11) is 1.67. The third kappa shape index (κ3) is 3.58. The highest BCUT2D eigenvalue weighted by molar-refractivity contribution is 5.84. The first-order valence-electron chi connectivity index (χ1n) is 5.27. The van der Waals surface area contributed by atoms with Gasteiger partial charge in [-0.15, -0.1) is 0 Å². The molecule has 0 bridgehead atoms. The number of carbonyl (C=O) groups excluding carboxylic acids is 2. The van der Waals surface area contributed by atoms with Crippen molar-refractivity contribution in [3.8, 4) is 0 Å². The van der Waals surface area contributed by atoms with Crippen molar-refractivity contribution in [1.82, 2.24) is 9.97 Å². The molecule has 5 N–H and O–H groups in total. The fourth-order valence-electron chi connectivity index (χ4n) is 1.46. The first kappa shape index (κ1) is 13.7. The Morgan fingerprint density at radius 2 is 1.89 bits per heavy atom. The van der Waals surface area contributed by atoms with Crippen LogP contribution in [-0.4, -0.2) is 41.9 Å². The van der Waals surface area contributed by atoms with E-state index in [1.807, 2.05) is 0 Å². The van der Waals surface area contributed by atoms with Crippen LogP contribution in [0.1, 0.15) is 5.56 Å². The molecule has 0 aromatic carbocycles. The molecule has 0 spiro atoms. The van der Waals surface area contributed by atoms with Crippen LogP contribution in [0, 0.1) is 6.92 Å². The lowest BCUT2D eigenvalue weighted by Crippen LogP contribution is -2.40. The van der Waals surface area contributed by atoms with Crippen LogP contribution in [-0.2, 0) is 9.59 Å². The summed E-state index contributed by atoms with van der Waals surface area (Å²) in [5.74, 6) is -0.304. The predicted octanol–water partition coefficient (Wildman–Crippen LogP) is -1.40. The van der Waals surface area contributed by atoms with Crippen molar-refractivity contribution >= 4 is 23.6 Å². The van der Waals surface area contributed by atoms with Crippen molar-refractivity contribution in [3.05, 3.63) is 11.8 Å². The molecule has 0 atom stereocenters. The van der Waals surface area contributed by atoms with E-state index in [4.69, 9.17) is 11.5 Å². The molecule has 0 saturated carbocycles. The van der Waals surface area contributed by atoms with Gasteiger partial charge in [0.25, 0.3) is 0 Å². The van der Waals surface area contributed by atoms with E-state index in [-0.39, 0.29) is 13.1 Å². The number of nitrogens with one attached hydrogen (secondary N) is 1. The molecule has 98 valence electrons. The number of nitrogens with two attached hydrogens (primary N) is 2. The molecule has 2 amide bonds. The van der Waals surface area contributed by atoms with Gasteiger partial charge in [-0.25, -0.2) is 4.98 Å². The molecule has 1 aromatic heterocycles. The Balaban J connectivity index is 3.09. The zero-order valence-electron chi connectivity index (χ0n) is 10.3. The molecule has 8 heteroatoms. The van der Waals surface area contributed by atoms with Crippen LogP contribution in [0.15, 0.2) is 6.20 Å². The minimum absolute atomic E-state index is 0.135. The number of primary amides is 2. The molecule has 0 aliphatic rings. The van der Waals surface area contributed by atoms with Gasteiger partial charge in [0.05, 0.1) is 13.1 Å². The molecule has 1 heterocycles. The van der Waals surface area contributed by atoms with Crippen LogP contribution in [0.4, 0.5) is 11.8 Å². The minimum atomic E-state index is -0.569. The highest BCUT2D eigenvalue weighted by Gasteiger charge is 2.16. The van der Waals surface area contributed by atoms with E-state index in [0.29, 0.717) is 11.8 Å². The normalized spacial score (nSPS) is 9.89. The van der Waals surface area contributed by atoms with Gasteiger partial charge in [0.15, 0.2) is 0 Å². The van der Waals surface area contributed by atoms with E-state index >= 15 is 0 Å². The first-order chi connectivity index (χ1) is 8.43. The Morgan fingerprint density at radius 3 is 2.33 bits per heavy atom. The molecule has 0 saturated heterocycles. The second-order valence-electron chi connectivity index (χ2n) is 3.74. The maximum Gasteiger partial charge on any atom is 0.237 e. The Hall–Kier alpha value is -2.38. The van der Waals surface area contributed by atoms with Crippen LogP contribution in [0.2, 0.25) is 0 Å². The summed E-state index contributed by atoms with van der Waals surface area (Å²) in [5, 5.41) is 2.77. The van der Waals surface area contributed by atoms with Crippen molar-refractivity contribution in [2.24, 2.45) is 11.5 Å². The minimum Gasteiger partial charge on any atom is -0.368 e. The van der Waals surface area contributed by atoms with Crippen LogP contribution in [0.3, 0.4) is 0 Å². The number of rotatable bonds is 6. The number of aromatic nitrogens is 2. The molecule has 0 aliphatic heterocycles. The summed E-state index contributed by atoms with van der Waals surface area (Å²) in [6, 6.07) is 0. The second-order valence-corrected chi connectivity index (χ2v) is 3.74. The van der Waals surface area contributed by atoms with Gasteiger partial charge in [0.1, 0.15) is 5.82 Å². The number of amides is 2. The molecular weight excluding hydrogens is 236 g/mol. The Bertz CT molecular complexity index is 446. The molecule has 8 nitrogen and oxygen atoms in total. The van der Waals surface area contributed by atoms with Crippen molar-refractivity contribution in [3.63, 3.8) is 0 Å². The lowest BCUT2D eigenvalue weighted by molar-refractivity contribution is -0.117. The van der Waals surface area contributed by atoms with E-state index in [1.54, 1.807) is 20.2 Å². The second kappa shape index (κ2) is 5.80. The summed E-state index contributed by atoms with van der Waals surface area (Å²) >= 11 is 0. The van der Waals surface area contributed by atoms with Gasteiger partial charge < -0.3 is 21.7 Å². The van der Waals surface area contributed by atoms with Gasteiger partial charge in [-0.2, -0.15) is 4.98 Å². The number of aryl methyl sites for hydroxylation is 1. The quantitative estimate of drug-likeness (QED) is 0.571. The van der Waals surface area contributed by atoms with Gasteiger partial charge in [0.2, 0.25) is 17.8 Å². The molecule has 0 unspecified atom stereocenters. The Kier molecular flexibility index (Phi) is 4.41. The highest BCUT2D eigenvalue weighted by atomic mass is 16.2. The number of hydrogen-bond donors (Lipinski definition) is 3. The van der Waals surface area contributed by atoms with E-state index in [9.17, 15) is 9.59 Å². The van der Waals surface area contributed by atoms with Gasteiger partial charge >= 0.3 is 0 Å². The standard InChI is InChI=1S/C10H16N6O2/c1-6-3-14-10(13-2)15-9(6)16(4-7(11)17)5-8(12)18/h3H,4-5H2,1-2H3,(H2,11,17)(H2,12,18)(H,13,14,15). The van der Waals surface area contributed by atoms with Gasteiger partial charge in [-0.05, 0) is 6.92 Å². The Labute approximate surface area is 104 Å². The van der Waals surface area contributed by atoms with E-state index in [1.165, 1.54) is 4.90 Å². The largest absolute Gasteiger partial charge is 0.368 e. The first-order valence-corrected chi connectivity index (χ1v) is 5.27. The van der Waals surface area contributed by atoms with Gasteiger partial charge in [-0.1, -0.05) is 0 Å². The number of anilines is 2. The molecule has 0 aliphatic carbocycles. The SMILES string of the molecule is CNc1ncc(C)c(N(CC(N)=O)CC(N)=O)n1. The predicted molar refractivity (Wildman–Crippen MR) is 66.9 cm³/mol. The summed E-state index contributed by atoms with van der Waals surface area (Å²) < 4.78 is 0. The average Bonchev–Trinajstić information content (AvgIpc) is 2.27. The van der Waals surface area contributed by atoms with E-state index in [2.05, 4.69) is 15.3 Å². The zero-order chi connectivity index (χ0) is 13.7. The smallest absolute Gasteiger partial charge is 0.237 e. The number of carbonyl (C=O) groups is 2. The van der Waals surface area contributed by atoms with Crippen molar-refractivity contribution in [2.45, 2.75) is 6.92 Å². The topological polar surface area (TPSA) is 127 Å². The molecule has 1 rings (SSSR count). The van der Waals surface area contributed by atoms with Crippen molar-refractivity contribution in [1.29, 1.82) is 0 Å². The molecule has 1 aromatic rings. The van der Waals surface area contributed by atoms with E-state index in [0.717, 1.165) is 5.56 Å². The fourth-order valence-corrected chi connectivity index (χ4v) is 1.46. The van der Waals surface area contributed by atoms with Gasteiger partial charge in [-0.3, -0.25) is 9.59 Å². The summed E-state index contributed by atoms with van der Waals surface area (Å²) in [6.45, 7) is 1.50. The monoisotopic (exact) mass is 252 g/mol. The fraction of sp³-hybridized carbons (Fsp3) is 0.400. The number of nitrogens with zero attached hydrogens (tertiary/aromatic N) is 3. The van der Waals surface area contributed by atoms with E-state index < -0.39 is 11.8 Å². The molecular formula is C10H16N6O2. The van der Waals surface area contributed by atoms with Crippen LogP contribution >= 0.6 is 0 Å². The Morgan fingerprint density at radius 1 is 1.33 bits per heavy atom. The maximum atomic E-state index is 11.0. The molecule has 18 heavy (non-hydrogen) atoms. The van der Waals surface area contributed by atoms with Crippen LogP contribution in [0.25, 0.3) is 0 Å². The van der Waals surface area contributed by atoms with Crippen molar-refractivity contribution in [2.75, 3.05) is 30.4 Å². The van der Waals surface area contributed by atoms with Crippen LogP contribution < -0.4 is 21.7 Å². The summed E-state index contributed by atoms with van der Waals surface area (Å²) in [4.78, 5) is 31.6. The number of hydrogen-bond acceptors (Lipinski definition) is 6. The van der Waals surface area contributed by atoms with Crippen LogP contribution in [0.5, 0.6) is 0 Å². The lowest BCUT2D eigenvalue weighted by atomic mass is 10.3. The third-order valence-corrected chi connectivity index (χ3v) is 2.16. The summed E-state index contributed by atoms with van der Waals surface area (Å²) in [6.07, 6.45) is 1.59. The highest BCUT2D eigenvalue weighted by Crippen LogP contribution is 2.17. The maximum absolute atomic E-state index is 11.0. The summed E-state index contributed by atoms with van der Waals surface area (Å²) in [5.41, 5.74) is 11.0. The molecule has 0 fully saturated rings. The lowest BCUT2D eigenvalue weighted by Gasteiger charge is -2.22.